The summed E-state index contributed by atoms with van der Waals surface area (Å²) in [5.74, 6) is 0.0153. The Kier molecular flexibility index (Phi) is 17.0. The Morgan fingerprint density at radius 2 is 1.21 bits per heavy atom. The van der Waals surface area contributed by atoms with Gasteiger partial charge in [-0.25, -0.2) is 0 Å². The van der Waals surface area contributed by atoms with Crippen LogP contribution in [0.4, 0.5) is 17.1 Å². The number of amides is 7. The normalized spacial score (nSPS) is 22.0. The number of fused-ring (bicyclic) bond motifs is 9. The smallest absolute Gasteiger partial charge is 0.260 e. The highest BCUT2D eigenvalue weighted by molar-refractivity contribution is 6.08. The zero-order valence-electron chi connectivity index (χ0n) is 49.4. The number of aliphatic imine (C=N–C) groups is 2. The van der Waals surface area contributed by atoms with Crippen LogP contribution in [0.5, 0.6) is 28.7 Å². The number of carbonyl (C=O) groups excluding carboxylic acids is 7. The third-order valence-corrected chi connectivity index (χ3v) is 17.5. The first kappa shape index (κ1) is 58.7. The van der Waals surface area contributed by atoms with E-state index in [0.29, 0.717) is 83.3 Å². The molecule has 4 aromatic rings. The van der Waals surface area contributed by atoms with E-state index in [2.05, 4.69) is 29.0 Å². The first-order valence-electron chi connectivity index (χ1n) is 29.6. The van der Waals surface area contributed by atoms with E-state index in [1.807, 2.05) is 62.6 Å². The van der Waals surface area contributed by atoms with Gasteiger partial charge in [0.2, 0.25) is 29.5 Å². The first-order valence-corrected chi connectivity index (χ1v) is 29.6. The molecule has 0 aromatic heterocycles. The number of unbranched alkanes of at least 4 members (excludes halogenated alkanes) is 1. The molecule has 8 atom stereocenters. The van der Waals surface area contributed by atoms with Crippen molar-refractivity contribution in [1.82, 2.24) is 25.3 Å². The Hall–Kier alpha value is -9.07. The molecule has 20 heteroatoms. The van der Waals surface area contributed by atoms with Gasteiger partial charge in [0, 0.05) is 74.9 Å². The lowest BCUT2D eigenvalue weighted by Gasteiger charge is -2.24. The van der Waals surface area contributed by atoms with Gasteiger partial charge in [-0.1, -0.05) is 56.7 Å². The fraction of sp³-hybridized carbons (Fsp3) is 0.409. The largest absolute Gasteiger partial charge is 0.497 e. The number of anilines is 1. The van der Waals surface area contributed by atoms with Gasteiger partial charge in [0.1, 0.15) is 17.8 Å². The van der Waals surface area contributed by atoms with Gasteiger partial charge in [-0.3, -0.25) is 48.4 Å². The average Bonchev–Trinajstić information content (AvgIpc) is 2.23. The van der Waals surface area contributed by atoms with Crippen LogP contribution < -0.4 is 39.6 Å². The summed E-state index contributed by atoms with van der Waals surface area (Å²) >= 11 is 0. The van der Waals surface area contributed by atoms with E-state index in [9.17, 15) is 33.6 Å². The number of methoxy groups -OCH3 is 3. The highest BCUT2D eigenvalue weighted by atomic mass is 16.5. The van der Waals surface area contributed by atoms with E-state index in [1.165, 1.54) is 24.7 Å². The van der Waals surface area contributed by atoms with Crippen LogP contribution in [0.2, 0.25) is 0 Å². The molecule has 4 aromatic carbocycles. The molecule has 7 amide bonds. The van der Waals surface area contributed by atoms with Crippen molar-refractivity contribution >= 4 is 82.0 Å². The van der Waals surface area contributed by atoms with Crippen molar-refractivity contribution in [3.05, 3.63) is 119 Å². The monoisotopic (exact) mass is 1170 g/mol. The standard InChI is InChI=1S/C66H72N8O12/c1-8-38-24-41-27-48(38)59-58(41)65(80)72(66(59)81)21-10-9-12-57(75)71-60(36(2)3)62(77)69-37(4)61(76)70-44-17-13-39(14-18-44)42-25-45-32-67-51-30-55(53(83-6)28-49(51)63(78)73(45)34-42)85-22-11-23-86-56-31-52-50(29-54(56)84-7)64(79)74-35-43(26-46(74)33-68-52)40-15-19-47(82-5)20-16-40/h13-20,24,28-37,41,45-46,48,58-60H,8-12,21-23,25-27H2,1-7H3,(H,69,77)(H,70,76)(H,71,75)/t37-,41?,45-,46-,48?,58?,59?,60-/m0/s1. The summed E-state index contributed by atoms with van der Waals surface area (Å²) in [6.07, 6.45) is 13.8. The van der Waals surface area contributed by atoms with Gasteiger partial charge in [0.25, 0.3) is 11.8 Å². The number of nitrogens with one attached hydrogen (secondary N) is 3. The molecule has 1 saturated carbocycles. The second kappa shape index (κ2) is 24.9. The molecule has 11 rings (SSSR count). The minimum atomic E-state index is -0.936. The Balaban J connectivity index is 0.630. The van der Waals surface area contributed by atoms with Gasteiger partial charge >= 0.3 is 0 Å². The topological polar surface area (TPSA) is 236 Å². The van der Waals surface area contributed by atoms with Gasteiger partial charge in [0.05, 0.1) is 81.0 Å². The Morgan fingerprint density at radius 1 is 0.651 bits per heavy atom. The molecule has 86 heavy (non-hydrogen) atoms. The van der Waals surface area contributed by atoms with Crippen LogP contribution >= 0.6 is 0 Å². The molecular formula is C66H72N8O12. The molecule has 2 aliphatic carbocycles. The van der Waals surface area contributed by atoms with Crippen molar-refractivity contribution < 1.29 is 57.2 Å². The molecule has 20 nitrogen and oxygen atoms in total. The van der Waals surface area contributed by atoms with Gasteiger partial charge in [0.15, 0.2) is 23.0 Å². The maximum absolute atomic E-state index is 14.2. The molecule has 0 radical (unpaired) electrons. The summed E-state index contributed by atoms with van der Waals surface area (Å²) in [7, 11) is 4.66. The van der Waals surface area contributed by atoms with Gasteiger partial charge in [-0.05, 0) is 109 Å². The highest BCUT2D eigenvalue weighted by Crippen LogP contribution is 2.56. The van der Waals surface area contributed by atoms with Gasteiger partial charge in [-0.2, -0.15) is 0 Å². The molecular weight excluding hydrogens is 1100 g/mol. The fourth-order valence-corrected chi connectivity index (χ4v) is 12.9. The van der Waals surface area contributed by atoms with Crippen molar-refractivity contribution in [2.75, 3.05) is 46.4 Å². The minimum Gasteiger partial charge on any atom is -0.497 e. The number of imide groups is 1. The zero-order valence-corrected chi connectivity index (χ0v) is 49.4. The maximum Gasteiger partial charge on any atom is 0.260 e. The van der Waals surface area contributed by atoms with Crippen LogP contribution in [0.15, 0.2) is 107 Å². The summed E-state index contributed by atoms with van der Waals surface area (Å²) in [6.45, 7) is 8.05. The molecule has 7 aliphatic rings. The Labute approximate surface area is 499 Å². The number of nitrogens with zero attached hydrogens (tertiary/aromatic N) is 5. The van der Waals surface area contributed by atoms with Crippen LogP contribution in [0, 0.1) is 29.6 Å². The molecule has 2 bridgehead atoms. The van der Waals surface area contributed by atoms with E-state index in [1.54, 1.807) is 72.7 Å². The maximum atomic E-state index is 14.2. The highest BCUT2D eigenvalue weighted by Gasteiger charge is 2.60. The molecule has 448 valence electrons. The molecule has 3 N–H and O–H groups in total. The summed E-state index contributed by atoms with van der Waals surface area (Å²) in [4.78, 5) is 109. The van der Waals surface area contributed by atoms with Gasteiger partial charge < -0.3 is 49.4 Å². The third kappa shape index (κ3) is 11.6. The van der Waals surface area contributed by atoms with Gasteiger partial charge in [-0.15, -0.1) is 0 Å². The third-order valence-electron chi connectivity index (χ3n) is 17.5. The molecule has 1 saturated heterocycles. The first-order chi connectivity index (χ1) is 41.5. The van der Waals surface area contributed by atoms with Crippen molar-refractivity contribution in [3.63, 3.8) is 0 Å². The zero-order chi connectivity index (χ0) is 60.5. The average molecular weight is 1170 g/mol. The predicted octanol–water partition coefficient (Wildman–Crippen LogP) is 8.84. The summed E-state index contributed by atoms with van der Waals surface area (Å²) in [5.41, 5.74) is 7.24. The number of allylic oxidation sites excluding steroid dienone is 2. The number of carbonyl (C=O) groups is 7. The lowest BCUT2D eigenvalue weighted by atomic mass is 9.80. The minimum absolute atomic E-state index is 0.0833. The number of hydrogen-bond donors (Lipinski definition) is 3. The van der Waals surface area contributed by atoms with Crippen molar-refractivity contribution in [2.45, 2.75) is 103 Å². The van der Waals surface area contributed by atoms with Crippen LogP contribution in [0.1, 0.15) is 111 Å². The van der Waals surface area contributed by atoms with Crippen molar-refractivity contribution in [2.24, 2.45) is 39.6 Å². The van der Waals surface area contributed by atoms with E-state index >= 15 is 0 Å². The predicted molar refractivity (Wildman–Crippen MR) is 323 cm³/mol. The molecule has 0 spiro atoms. The number of rotatable bonds is 23. The van der Waals surface area contributed by atoms with Crippen LogP contribution in [-0.2, 0) is 24.0 Å². The lowest BCUT2D eigenvalue weighted by molar-refractivity contribution is -0.140. The van der Waals surface area contributed by atoms with E-state index in [0.717, 1.165) is 40.9 Å². The second-order valence-electron chi connectivity index (χ2n) is 23.2. The SMILES string of the molecule is CCC1=CC2CC1C1C(=O)N(CCCCC(=O)N[C@H](C(=O)N[C@@H](C)C(=O)Nc3ccc(C4=CN5C(=O)c6cc(OC)c(OCCCOc7cc8c(cc7OC)C(=O)N7C=C(c9ccc(OC)cc9)C[C@H]7C=N8)cc6N=C[C@@H]5C4)cc3)C(C)C)C(=O)C21. The van der Waals surface area contributed by atoms with Crippen LogP contribution in [0.3, 0.4) is 0 Å². The molecule has 4 unspecified atom stereocenters. The van der Waals surface area contributed by atoms with E-state index in [4.69, 9.17) is 33.7 Å². The van der Waals surface area contributed by atoms with Crippen molar-refractivity contribution in [1.29, 1.82) is 0 Å². The lowest BCUT2D eigenvalue weighted by Crippen LogP contribution is -2.53. The summed E-state index contributed by atoms with van der Waals surface area (Å²) < 4.78 is 29.0. The fourth-order valence-electron chi connectivity index (χ4n) is 12.9. The van der Waals surface area contributed by atoms with E-state index in [-0.39, 0.29) is 97.4 Å². The summed E-state index contributed by atoms with van der Waals surface area (Å²) in [6, 6.07) is 19.3. The Morgan fingerprint density at radius 3 is 1.74 bits per heavy atom. The molecule has 5 aliphatic heterocycles. The number of ether oxygens (including phenoxy) is 5. The summed E-state index contributed by atoms with van der Waals surface area (Å²) in [5, 5.41) is 8.42. The molecule has 2 fully saturated rings. The quantitative estimate of drug-likeness (QED) is 0.0359. The van der Waals surface area contributed by atoms with Crippen LogP contribution in [0.25, 0.3) is 11.1 Å². The van der Waals surface area contributed by atoms with Crippen LogP contribution in [-0.4, -0.2) is 134 Å². The van der Waals surface area contributed by atoms with Crippen molar-refractivity contribution in [3.8, 4) is 28.7 Å². The Bertz CT molecular complexity index is 3530. The number of hydrogen-bond acceptors (Lipinski definition) is 14. The second-order valence-corrected chi connectivity index (χ2v) is 23.2. The molecule has 5 heterocycles. The number of benzene rings is 4. The number of likely N-dealkylation sites (tertiary alicyclic amines) is 1. The van der Waals surface area contributed by atoms with E-state index < -0.39 is 23.9 Å².